The maximum absolute atomic E-state index is 12.2. The number of hydrogen-bond donors (Lipinski definition) is 5. The second-order valence-electron chi connectivity index (χ2n) is 9.20. The van der Waals surface area contributed by atoms with Crippen LogP contribution in [0.3, 0.4) is 0 Å². The molecule has 4 rings (SSSR count). The van der Waals surface area contributed by atoms with Crippen molar-refractivity contribution in [2.75, 3.05) is 18.8 Å². The van der Waals surface area contributed by atoms with Crippen molar-refractivity contribution in [3.8, 4) is 11.8 Å². The molecule has 6 N–H and O–H groups in total. The van der Waals surface area contributed by atoms with Crippen molar-refractivity contribution in [2.45, 2.75) is 70.5 Å². The topological polar surface area (TPSA) is 178 Å². The number of nitrogens with zero attached hydrogens (tertiary/aromatic N) is 4. The minimum absolute atomic E-state index is 0.0827. The van der Waals surface area contributed by atoms with Gasteiger partial charge in [0, 0.05) is 25.4 Å². The van der Waals surface area contributed by atoms with Gasteiger partial charge in [-0.2, -0.15) is 0 Å². The largest absolute Gasteiger partial charge is 0.387 e. The molecule has 2 fully saturated rings. The SMILES string of the molecule is CCNC(=O)C1CCC(CC#Cc2nc(N)c3ncn([C@@H]4O[C@H](C(=O)NCC)C(O)[C@@H]4O)c3n2)CC1. The van der Waals surface area contributed by atoms with Crippen molar-refractivity contribution in [3.63, 3.8) is 0 Å². The lowest BCUT2D eigenvalue weighted by Gasteiger charge is -2.26. The maximum Gasteiger partial charge on any atom is 0.252 e. The predicted octanol–water partition coefficient (Wildman–Crippen LogP) is -0.152. The highest BCUT2D eigenvalue weighted by molar-refractivity contribution is 5.83. The summed E-state index contributed by atoms with van der Waals surface area (Å²) in [7, 11) is 0. The van der Waals surface area contributed by atoms with E-state index in [9.17, 15) is 19.8 Å². The molecule has 2 aromatic rings. The first-order valence-corrected chi connectivity index (χ1v) is 12.4. The number of nitrogens with two attached hydrogens (primary N) is 1. The molecule has 1 aliphatic heterocycles. The van der Waals surface area contributed by atoms with Crippen molar-refractivity contribution in [1.29, 1.82) is 0 Å². The minimum atomic E-state index is -1.42. The molecule has 2 aliphatic rings. The molecule has 12 nitrogen and oxygen atoms in total. The number of amides is 2. The molecule has 194 valence electrons. The van der Waals surface area contributed by atoms with E-state index in [0.717, 1.165) is 25.7 Å². The second-order valence-corrected chi connectivity index (χ2v) is 9.20. The number of carbonyl (C=O) groups excluding carboxylic acids is 2. The summed E-state index contributed by atoms with van der Waals surface area (Å²) < 4.78 is 7.10. The number of anilines is 1. The average Bonchev–Trinajstić information content (AvgIpc) is 3.41. The highest BCUT2D eigenvalue weighted by Crippen LogP contribution is 2.33. The number of aliphatic hydroxyl groups is 2. The molecule has 12 heteroatoms. The maximum atomic E-state index is 12.2. The van der Waals surface area contributed by atoms with E-state index in [4.69, 9.17) is 10.5 Å². The van der Waals surface area contributed by atoms with Crippen LogP contribution in [0.1, 0.15) is 58.0 Å². The van der Waals surface area contributed by atoms with E-state index >= 15 is 0 Å². The molecule has 1 unspecified atom stereocenters. The van der Waals surface area contributed by atoms with Gasteiger partial charge in [-0.15, -0.1) is 0 Å². The Morgan fingerprint density at radius 2 is 1.81 bits per heavy atom. The molecule has 0 aromatic carbocycles. The molecule has 2 aromatic heterocycles. The van der Waals surface area contributed by atoms with Gasteiger partial charge in [-0.3, -0.25) is 14.2 Å². The van der Waals surface area contributed by atoms with Gasteiger partial charge in [0.2, 0.25) is 11.7 Å². The number of imidazole rings is 1. The van der Waals surface area contributed by atoms with Crippen LogP contribution in [0.5, 0.6) is 0 Å². The molecule has 4 atom stereocenters. The molecular weight excluding hydrogens is 466 g/mol. The van der Waals surface area contributed by atoms with Gasteiger partial charge in [-0.05, 0) is 51.4 Å². The van der Waals surface area contributed by atoms with Crippen LogP contribution in [0, 0.1) is 23.7 Å². The highest BCUT2D eigenvalue weighted by Gasteiger charge is 2.47. The van der Waals surface area contributed by atoms with Crippen LogP contribution in [-0.2, 0) is 14.3 Å². The van der Waals surface area contributed by atoms with Crippen molar-refractivity contribution in [3.05, 3.63) is 12.2 Å². The van der Waals surface area contributed by atoms with Crippen LogP contribution < -0.4 is 16.4 Å². The fourth-order valence-corrected chi connectivity index (χ4v) is 4.78. The molecule has 0 spiro atoms. The average molecular weight is 500 g/mol. The van der Waals surface area contributed by atoms with Gasteiger partial charge in [0.1, 0.15) is 17.7 Å². The molecule has 0 radical (unpaired) electrons. The van der Waals surface area contributed by atoms with Crippen molar-refractivity contribution < 1.29 is 24.5 Å². The lowest BCUT2D eigenvalue weighted by molar-refractivity contribution is -0.137. The summed E-state index contributed by atoms with van der Waals surface area (Å²) >= 11 is 0. The molecule has 36 heavy (non-hydrogen) atoms. The van der Waals surface area contributed by atoms with Gasteiger partial charge in [-0.1, -0.05) is 5.92 Å². The molecule has 0 bridgehead atoms. The Bertz CT molecular complexity index is 1160. The first-order valence-electron chi connectivity index (χ1n) is 12.4. The molecule has 1 saturated heterocycles. The van der Waals surface area contributed by atoms with Crippen LogP contribution in [0.15, 0.2) is 6.33 Å². The quantitative estimate of drug-likeness (QED) is 0.338. The second kappa shape index (κ2) is 11.2. The number of nitrogens with one attached hydrogen (secondary N) is 2. The van der Waals surface area contributed by atoms with Gasteiger partial charge < -0.3 is 31.3 Å². The molecular formula is C24H33N7O5. The summed E-state index contributed by atoms with van der Waals surface area (Å²) in [6.45, 7) is 4.68. The van der Waals surface area contributed by atoms with Crippen molar-refractivity contribution in [1.82, 2.24) is 30.2 Å². The lowest BCUT2D eigenvalue weighted by atomic mass is 9.80. The Balaban J connectivity index is 1.47. The van der Waals surface area contributed by atoms with Crippen molar-refractivity contribution >= 4 is 28.8 Å². The smallest absolute Gasteiger partial charge is 0.252 e. The van der Waals surface area contributed by atoms with Crippen LogP contribution in [0.2, 0.25) is 0 Å². The summed E-state index contributed by atoms with van der Waals surface area (Å²) in [5, 5.41) is 26.4. The highest BCUT2D eigenvalue weighted by atomic mass is 16.6. The zero-order chi connectivity index (χ0) is 25.8. The third-order valence-electron chi connectivity index (χ3n) is 6.73. The fraction of sp³-hybridized carbons (Fsp3) is 0.625. The Labute approximate surface area is 209 Å². The molecule has 2 amide bonds. The van der Waals surface area contributed by atoms with E-state index in [1.807, 2.05) is 6.92 Å². The van der Waals surface area contributed by atoms with E-state index in [1.165, 1.54) is 10.9 Å². The zero-order valence-electron chi connectivity index (χ0n) is 20.5. The van der Waals surface area contributed by atoms with E-state index in [-0.39, 0.29) is 29.1 Å². The number of aromatic nitrogens is 4. The monoisotopic (exact) mass is 499 g/mol. The standard InChI is InChI=1S/C24H33N7O5/c1-3-26-22(34)14-10-8-13(9-11-14)6-5-7-15-29-20(25)16-21(30-15)31(12-28-16)24-18(33)17(32)19(36-24)23(35)27-4-2/h12-14,17-19,24,32-33H,3-4,6,8-11H2,1-2H3,(H,26,34)(H,27,35)(H2,25,29,30)/t13?,14?,17?,18-,19-,24+/m0/s1. The summed E-state index contributed by atoms with van der Waals surface area (Å²) in [5.41, 5.74) is 6.66. The van der Waals surface area contributed by atoms with E-state index in [2.05, 4.69) is 37.4 Å². The Morgan fingerprint density at radius 1 is 1.11 bits per heavy atom. The number of nitrogen functional groups attached to an aromatic ring is 1. The van der Waals surface area contributed by atoms with Crippen LogP contribution in [0.4, 0.5) is 5.82 Å². The Hall–Kier alpha value is -3.27. The number of hydrogen-bond acceptors (Lipinski definition) is 9. The summed E-state index contributed by atoms with van der Waals surface area (Å²) in [6, 6.07) is 0. The van der Waals surface area contributed by atoms with Gasteiger partial charge in [0.25, 0.3) is 5.91 Å². The van der Waals surface area contributed by atoms with Gasteiger partial charge >= 0.3 is 0 Å². The van der Waals surface area contributed by atoms with Gasteiger partial charge in [-0.25, -0.2) is 15.0 Å². The number of likely N-dealkylation sites (N-methyl/N-ethyl adjacent to an activating group) is 1. The number of aliphatic hydroxyl groups excluding tert-OH is 2. The molecule has 1 aliphatic carbocycles. The fourth-order valence-electron chi connectivity index (χ4n) is 4.78. The van der Waals surface area contributed by atoms with E-state index < -0.39 is 30.4 Å². The summed E-state index contributed by atoms with van der Waals surface area (Å²) in [5.74, 6) is 6.53. The normalized spacial score (nSPS) is 27.9. The summed E-state index contributed by atoms with van der Waals surface area (Å²) in [4.78, 5) is 37.1. The third-order valence-corrected chi connectivity index (χ3v) is 6.73. The predicted molar refractivity (Wildman–Crippen MR) is 130 cm³/mol. The summed E-state index contributed by atoms with van der Waals surface area (Å²) in [6.07, 6.45) is 0.523. The number of fused-ring (bicyclic) bond motifs is 1. The van der Waals surface area contributed by atoms with Crippen LogP contribution in [-0.4, -0.2) is 72.9 Å². The van der Waals surface area contributed by atoms with Gasteiger partial charge in [0.05, 0.1) is 6.33 Å². The van der Waals surface area contributed by atoms with E-state index in [0.29, 0.717) is 30.9 Å². The van der Waals surface area contributed by atoms with E-state index in [1.54, 1.807) is 6.92 Å². The lowest BCUT2D eigenvalue weighted by Crippen LogP contribution is -2.42. The van der Waals surface area contributed by atoms with Crippen LogP contribution in [0.25, 0.3) is 11.2 Å². The Kier molecular flexibility index (Phi) is 8.03. The molecule has 3 heterocycles. The zero-order valence-corrected chi connectivity index (χ0v) is 20.5. The van der Waals surface area contributed by atoms with Crippen molar-refractivity contribution in [2.24, 2.45) is 11.8 Å². The number of rotatable bonds is 6. The number of ether oxygens (including phenoxy) is 1. The third kappa shape index (κ3) is 5.28. The first kappa shape index (κ1) is 25.8. The van der Waals surface area contributed by atoms with Gasteiger partial charge in [0.15, 0.2) is 23.8 Å². The number of carbonyl (C=O) groups is 2. The first-order chi connectivity index (χ1) is 17.3. The molecule has 1 saturated carbocycles. The minimum Gasteiger partial charge on any atom is -0.387 e. The van der Waals surface area contributed by atoms with Crippen LogP contribution >= 0.6 is 0 Å². The Morgan fingerprint density at radius 3 is 2.50 bits per heavy atom.